The molecule has 0 bridgehead atoms. The normalized spacial score (nSPS) is 13.3. The molecule has 4 rings (SSSR count). The summed E-state index contributed by atoms with van der Waals surface area (Å²) in [5.41, 5.74) is 2.99. The van der Waals surface area contributed by atoms with Gasteiger partial charge in [0.25, 0.3) is 0 Å². The molecule has 0 aromatic heterocycles. The van der Waals surface area contributed by atoms with Crippen molar-refractivity contribution in [2.75, 3.05) is 53.6 Å². The van der Waals surface area contributed by atoms with Gasteiger partial charge < -0.3 is 25.8 Å². The van der Waals surface area contributed by atoms with Gasteiger partial charge in [0.2, 0.25) is 5.91 Å². The third kappa shape index (κ3) is 6.75. The van der Waals surface area contributed by atoms with Crippen molar-refractivity contribution < 1.29 is 9.59 Å². The molecule has 0 saturated carbocycles. The zero-order valence-electron chi connectivity index (χ0n) is 19.4. The highest BCUT2D eigenvalue weighted by molar-refractivity contribution is 6.39. The number of piperazine rings is 1. The van der Waals surface area contributed by atoms with Crippen molar-refractivity contribution in [1.29, 1.82) is 0 Å². The number of carbonyl (C=O) groups excluding carboxylic acids is 2. The number of para-hydroxylation sites is 2. The number of carbonyl (C=O) groups is 2. The smallest absolute Gasteiger partial charge is 0.322 e. The van der Waals surface area contributed by atoms with E-state index in [2.05, 4.69) is 20.9 Å². The molecule has 1 saturated heterocycles. The van der Waals surface area contributed by atoms with Crippen LogP contribution in [0.4, 0.5) is 27.5 Å². The minimum atomic E-state index is -0.230. The van der Waals surface area contributed by atoms with Gasteiger partial charge in [-0.05, 0) is 48.5 Å². The van der Waals surface area contributed by atoms with Crippen LogP contribution in [0.25, 0.3) is 0 Å². The number of anilines is 4. The molecule has 1 aliphatic heterocycles. The van der Waals surface area contributed by atoms with Crippen molar-refractivity contribution in [3.63, 3.8) is 0 Å². The highest BCUT2D eigenvalue weighted by Gasteiger charge is 2.22. The summed E-state index contributed by atoms with van der Waals surface area (Å²) in [4.78, 5) is 28.9. The summed E-state index contributed by atoms with van der Waals surface area (Å²) in [6.07, 6.45) is 0.316. The summed E-state index contributed by atoms with van der Waals surface area (Å²) in [7, 11) is 0. The Hall–Kier alpha value is -3.13. The molecule has 0 spiro atoms. The lowest BCUT2D eigenvalue weighted by Crippen LogP contribution is -2.50. The Balaban J connectivity index is 1.22. The number of nitrogens with zero attached hydrogens (tertiary/aromatic N) is 2. The summed E-state index contributed by atoms with van der Waals surface area (Å²) in [6.45, 7) is 2.97. The van der Waals surface area contributed by atoms with Crippen LogP contribution in [0, 0.1) is 0 Å². The lowest BCUT2D eigenvalue weighted by Gasteiger charge is -2.36. The SMILES string of the molecule is O=C(CCNc1ccccc1Cl)Nc1ccc(N2CCN(C(=O)Nc3c(Cl)cccc3Cl)CC2)cc1. The summed E-state index contributed by atoms with van der Waals surface area (Å²) < 4.78 is 0. The quantitative estimate of drug-likeness (QED) is 0.319. The molecule has 3 N–H and O–H groups in total. The van der Waals surface area contributed by atoms with Crippen molar-refractivity contribution >= 4 is 69.5 Å². The number of nitrogens with one attached hydrogen (secondary N) is 3. The van der Waals surface area contributed by atoms with E-state index >= 15 is 0 Å². The number of benzene rings is 3. The van der Waals surface area contributed by atoms with Crippen molar-refractivity contribution in [3.05, 3.63) is 81.8 Å². The van der Waals surface area contributed by atoms with Gasteiger partial charge in [-0.3, -0.25) is 4.79 Å². The van der Waals surface area contributed by atoms with Gasteiger partial charge in [-0.1, -0.05) is 53.0 Å². The highest BCUT2D eigenvalue weighted by atomic mass is 35.5. The van der Waals surface area contributed by atoms with Crippen molar-refractivity contribution in [2.45, 2.75) is 6.42 Å². The van der Waals surface area contributed by atoms with E-state index in [4.69, 9.17) is 34.8 Å². The Labute approximate surface area is 225 Å². The Morgan fingerprint density at radius 3 is 2.06 bits per heavy atom. The number of urea groups is 1. The largest absolute Gasteiger partial charge is 0.383 e. The lowest BCUT2D eigenvalue weighted by molar-refractivity contribution is -0.115. The van der Waals surface area contributed by atoms with Crippen molar-refractivity contribution in [3.8, 4) is 0 Å². The van der Waals surface area contributed by atoms with E-state index in [-0.39, 0.29) is 11.9 Å². The molecule has 10 heteroatoms. The molecule has 3 amide bonds. The average Bonchev–Trinajstić information content (AvgIpc) is 2.88. The topological polar surface area (TPSA) is 76.7 Å². The predicted molar refractivity (Wildman–Crippen MR) is 149 cm³/mol. The number of halogens is 3. The van der Waals surface area contributed by atoms with Gasteiger partial charge in [0.15, 0.2) is 0 Å². The van der Waals surface area contributed by atoms with Gasteiger partial charge in [-0.25, -0.2) is 4.79 Å². The molecule has 1 fully saturated rings. The van der Waals surface area contributed by atoms with Crippen LogP contribution in [-0.2, 0) is 4.79 Å². The first-order valence-corrected chi connectivity index (χ1v) is 12.7. The Morgan fingerprint density at radius 1 is 0.750 bits per heavy atom. The van der Waals surface area contributed by atoms with E-state index in [1.54, 1.807) is 29.2 Å². The molecule has 0 aliphatic carbocycles. The first-order chi connectivity index (χ1) is 17.4. The number of amides is 3. The fraction of sp³-hybridized carbons (Fsp3) is 0.231. The molecule has 7 nitrogen and oxygen atoms in total. The van der Waals surface area contributed by atoms with E-state index in [0.29, 0.717) is 59.9 Å². The predicted octanol–water partition coefficient (Wildman–Crippen LogP) is 6.44. The van der Waals surface area contributed by atoms with Crippen LogP contribution in [0.5, 0.6) is 0 Å². The Bertz CT molecular complexity index is 1190. The standard InChI is InChI=1S/C26H26Cl3N5O2/c27-20-4-1-2-7-23(20)30-13-12-24(35)31-18-8-10-19(11-9-18)33-14-16-34(17-15-33)26(36)32-25-21(28)5-3-6-22(25)29/h1-11,30H,12-17H2,(H,31,35)(H,32,36). The first-order valence-electron chi connectivity index (χ1n) is 11.5. The molecule has 36 heavy (non-hydrogen) atoms. The second-order valence-corrected chi connectivity index (χ2v) is 9.47. The number of rotatable bonds is 7. The second-order valence-electron chi connectivity index (χ2n) is 8.25. The van der Waals surface area contributed by atoms with Gasteiger partial charge in [0, 0.05) is 50.5 Å². The molecule has 1 heterocycles. The van der Waals surface area contributed by atoms with Crippen LogP contribution >= 0.6 is 34.8 Å². The van der Waals surface area contributed by atoms with Gasteiger partial charge in [0.05, 0.1) is 26.4 Å². The summed E-state index contributed by atoms with van der Waals surface area (Å²) in [5.74, 6) is -0.0828. The fourth-order valence-electron chi connectivity index (χ4n) is 3.87. The molecule has 3 aromatic carbocycles. The van der Waals surface area contributed by atoms with Crippen molar-refractivity contribution in [2.24, 2.45) is 0 Å². The molecule has 0 unspecified atom stereocenters. The molecular weight excluding hydrogens is 521 g/mol. The minimum Gasteiger partial charge on any atom is -0.383 e. The zero-order valence-corrected chi connectivity index (χ0v) is 21.7. The van der Waals surface area contributed by atoms with Gasteiger partial charge in [0.1, 0.15) is 0 Å². The van der Waals surface area contributed by atoms with Crippen LogP contribution in [-0.4, -0.2) is 49.6 Å². The van der Waals surface area contributed by atoms with E-state index in [0.717, 1.165) is 17.1 Å². The van der Waals surface area contributed by atoms with E-state index in [1.807, 2.05) is 42.5 Å². The Morgan fingerprint density at radius 2 is 1.39 bits per heavy atom. The maximum absolute atomic E-state index is 12.7. The van der Waals surface area contributed by atoms with Gasteiger partial charge >= 0.3 is 6.03 Å². The summed E-state index contributed by atoms with van der Waals surface area (Å²) >= 11 is 18.4. The van der Waals surface area contributed by atoms with Crippen LogP contribution in [0.3, 0.4) is 0 Å². The van der Waals surface area contributed by atoms with E-state index < -0.39 is 0 Å². The molecule has 3 aromatic rings. The molecule has 188 valence electrons. The van der Waals surface area contributed by atoms with Gasteiger partial charge in [-0.2, -0.15) is 0 Å². The van der Waals surface area contributed by atoms with Gasteiger partial charge in [-0.15, -0.1) is 0 Å². The maximum Gasteiger partial charge on any atom is 0.322 e. The monoisotopic (exact) mass is 545 g/mol. The van der Waals surface area contributed by atoms with E-state index in [1.165, 1.54) is 0 Å². The summed E-state index contributed by atoms with van der Waals surface area (Å²) in [6, 6.07) is 20.0. The molecule has 0 atom stereocenters. The number of hydrogen-bond donors (Lipinski definition) is 3. The van der Waals surface area contributed by atoms with Crippen LogP contribution in [0.1, 0.15) is 6.42 Å². The minimum absolute atomic E-state index is 0.0828. The van der Waals surface area contributed by atoms with Crippen molar-refractivity contribution in [1.82, 2.24) is 4.90 Å². The van der Waals surface area contributed by atoms with Crippen LogP contribution in [0.2, 0.25) is 15.1 Å². The lowest BCUT2D eigenvalue weighted by atomic mass is 10.2. The van der Waals surface area contributed by atoms with E-state index in [9.17, 15) is 9.59 Å². The maximum atomic E-state index is 12.7. The average molecular weight is 547 g/mol. The molecular formula is C26H26Cl3N5O2. The Kier molecular flexibility index (Phi) is 8.80. The number of hydrogen-bond acceptors (Lipinski definition) is 4. The highest BCUT2D eigenvalue weighted by Crippen LogP contribution is 2.30. The molecule has 0 radical (unpaired) electrons. The first kappa shape index (κ1) is 25.9. The third-order valence-electron chi connectivity index (χ3n) is 5.82. The zero-order chi connectivity index (χ0) is 25.5. The fourth-order valence-corrected chi connectivity index (χ4v) is 4.56. The second kappa shape index (κ2) is 12.2. The molecule has 1 aliphatic rings. The third-order valence-corrected chi connectivity index (χ3v) is 6.78. The summed E-state index contributed by atoms with van der Waals surface area (Å²) in [5, 5.41) is 10.3. The van der Waals surface area contributed by atoms with Crippen LogP contribution in [0.15, 0.2) is 66.7 Å². The van der Waals surface area contributed by atoms with Crippen LogP contribution < -0.4 is 20.9 Å².